The Labute approximate surface area is 79.4 Å². The zero-order chi connectivity index (χ0) is 9.42. The highest BCUT2D eigenvalue weighted by atomic mass is 35.5. The zero-order valence-electron chi connectivity index (χ0n) is 6.97. The minimum absolute atomic E-state index is 0.148. The Kier molecular flexibility index (Phi) is 1.81. The second kappa shape index (κ2) is 2.85. The first-order valence-corrected chi connectivity index (χ1v) is 4.20. The molecule has 0 atom stereocenters. The van der Waals surface area contributed by atoms with Crippen LogP contribution < -0.4 is 5.56 Å². The van der Waals surface area contributed by atoms with Gasteiger partial charge in [-0.2, -0.15) is 0 Å². The smallest absolute Gasteiger partial charge is 0.258 e. The van der Waals surface area contributed by atoms with E-state index < -0.39 is 0 Å². The van der Waals surface area contributed by atoms with E-state index in [2.05, 4.69) is 9.97 Å². The maximum absolute atomic E-state index is 11.4. The van der Waals surface area contributed by atoms with E-state index >= 15 is 0 Å². The number of benzene rings is 1. The number of hydrogen-bond donors (Lipinski definition) is 1. The average molecular weight is 195 g/mol. The largest absolute Gasteiger partial charge is 0.313 e. The van der Waals surface area contributed by atoms with Gasteiger partial charge in [0.05, 0.1) is 17.2 Å². The van der Waals surface area contributed by atoms with Crippen molar-refractivity contribution in [1.82, 2.24) is 9.97 Å². The standard InChI is InChI=1S/C9H7ClN2O/c1-5-6(10)2-3-7-8(5)9(13)12-4-11-7/h2-4H,1H3,(H,11,12,13). The summed E-state index contributed by atoms with van der Waals surface area (Å²) in [7, 11) is 0. The summed E-state index contributed by atoms with van der Waals surface area (Å²) in [6.45, 7) is 1.81. The van der Waals surface area contributed by atoms with Crippen molar-refractivity contribution in [3.05, 3.63) is 39.4 Å². The molecule has 0 unspecified atom stereocenters. The highest BCUT2D eigenvalue weighted by Crippen LogP contribution is 2.20. The minimum Gasteiger partial charge on any atom is -0.313 e. The second-order valence-corrected chi connectivity index (χ2v) is 3.21. The van der Waals surface area contributed by atoms with Gasteiger partial charge in [0.2, 0.25) is 0 Å². The molecule has 1 aromatic heterocycles. The molecule has 2 rings (SSSR count). The first-order chi connectivity index (χ1) is 6.20. The maximum atomic E-state index is 11.4. The van der Waals surface area contributed by atoms with E-state index in [9.17, 15) is 4.79 Å². The Bertz CT molecular complexity index is 518. The van der Waals surface area contributed by atoms with E-state index in [0.29, 0.717) is 15.9 Å². The third kappa shape index (κ3) is 1.21. The van der Waals surface area contributed by atoms with Crippen LogP contribution in [0.15, 0.2) is 23.3 Å². The Hall–Kier alpha value is -1.35. The summed E-state index contributed by atoms with van der Waals surface area (Å²) in [4.78, 5) is 17.9. The van der Waals surface area contributed by atoms with Gasteiger partial charge in [-0.3, -0.25) is 4.79 Å². The molecule has 13 heavy (non-hydrogen) atoms. The first-order valence-electron chi connectivity index (χ1n) is 3.82. The van der Waals surface area contributed by atoms with E-state index in [1.54, 1.807) is 12.1 Å². The number of halogens is 1. The van der Waals surface area contributed by atoms with Crippen molar-refractivity contribution >= 4 is 22.5 Å². The molecule has 0 amide bonds. The topological polar surface area (TPSA) is 45.8 Å². The SMILES string of the molecule is Cc1c(Cl)ccc2nc[nH]c(=O)c12. The van der Waals surface area contributed by atoms with Gasteiger partial charge in [-0.1, -0.05) is 11.6 Å². The van der Waals surface area contributed by atoms with Crippen LogP contribution >= 0.6 is 11.6 Å². The van der Waals surface area contributed by atoms with Gasteiger partial charge in [0, 0.05) is 5.02 Å². The fourth-order valence-corrected chi connectivity index (χ4v) is 1.46. The number of H-pyrrole nitrogens is 1. The number of aryl methyl sites for hydroxylation is 1. The van der Waals surface area contributed by atoms with Crippen LogP contribution in [-0.2, 0) is 0 Å². The van der Waals surface area contributed by atoms with Gasteiger partial charge < -0.3 is 4.98 Å². The van der Waals surface area contributed by atoms with Gasteiger partial charge in [-0.25, -0.2) is 4.98 Å². The number of rotatable bonds is 0. The van der Waals surface area contributed by atoms with Crippen LogP contribution in [0.1, 0.15) is 5.56 Å². The van der Waals surface area contributed by atoms with Crippen LogP contribution in [0.5, 0.6) is 0 Å². The summed E-state index contributed by atoms with van der Waals surface area (Å²) in [5.74, 6) is 0. The van der Waals surface area contributed by atoms with Crippen molar-refractivity contribution in [2.24, 2.45) is 0 Å². The molecule has 1 aromatic carbocycles. The summed E-state index contributed by atoms with van der Waals surface area (Å²) >= 11 is 5.88. The molecule has 0 fully saturated rings. The van der Waals surface area contributed by atoms with Crippen LogP contribution in [-0.4, -0.2) is 9.97 Å². The van der Waals surface area contributed by atoms with Crippen LogP contribution in [0.4, 0.5) is 0 Å². The summed E-state index contributed by atoms with van der Waals surface area (Å²) < 4.78 is 0. The highest BCUT2D eigenvalue weighted by Gasteiger charge is 2.05. The number of nitrogens with one attached hydrogen (secondary N) is 1. The Balaban J connectivity index is 3.06. The predicted molar refractivity (Wildman–Crippen MR) is 52.1 cm³/mol. The Morgan fingerprint density at radius 2 is 2.23 bits per heavy atom. The fraction of sp³-hybridized carbons (Fsp3) is 0.111. The first kappa shape index (κ1) is 8.26. The summed E-state index contributed by atoms with van der Waals surface area (Å²) in [5, 5.41) is 1.15. The van der Waals surface area contributed by atoms with Crippen LogP contribution in [0.2, 0.25) is 5.02 Å². The van der Waals surface area contributed by atoms with E-state index in [1.165, 1.54) is 6.33 Å². The molecule has 0 aliphatic heterocycles. The van der Waals surface area contributed by atoms with Crippen LogP contribution in [0, 0.1) is 6.92 Å². The van der Waals surface area contributed by atoms with Crippen LogP contribution in [0.3, 0.4) is 0 Å². The van der Waals surface area contributed by atoms with E-state index in [4.69, 9.17) is 11.6 Å². The lowest BCUT2D eigenvalue weighted by atomic mass is 10.1. The van der Waals surface area contributed by atoms with Gasteiger partial charge in [0.25, 0.3) is 5.56 Å². The number of nitrogens with zero attached hydrogens (tertiary/aromatic N) is 1. The molecule has 3 nitrogen and oxygen atoms in total. The third-order valence-electron chi connectivity index (χ3n) is 2.00. The number of aromatic amines is 1. The number of fused-ring (bicyclic) bond motifs is 1. The molecule has 1 heterocycles. The number of hydrogen-bond acceptors (Lipinski definition) is 2. The van der Waals surface area contributed by atoms with Gasteiger partial charge in [-0.05, 0) is 24.6 Å². The highest BCUT2D eigenvalue weighted by molar-refractivity contribution is 6.32. The molecule has 0 saturated heterocycles. The fourth-order valence-electron chi connectivity index (χ4n) is 1.30. The van der Waals surface area contributed by atoms with Crippen LogP contribution in [0.25, 0.3) is 10.9 Å². The number of aromatic nitrogens is 2. The quantitative estimate of drug-likeness (QED) is 0.696. The lowest BCUT2D eigenvalue weighted by molar-refractivity contribution is 1.17. The average Bonchev–Trinajstić information content (AvgIpc) is 2.12. The van der Waals surface area contributed by atoms with E-state index in [1.807, 2.05) is 6.92 Å². The predicted octanol–water partition coefficient (Wildman–Crippen LogP) is 1.88. The molecule has 0 radical (unpaired) electrons. The zero-order valence-corrected chi connectivity index (χ0v) is 7.72. The molecular weight excluding hydrogens is 188 g/mol. The molecule has 4 heteroatoms. The molecule has 0 saturated carbocycles. The Morgan fingerprint density at radius 1 is 1.46 bits per heavy atom. The summed E-state index contributed by atoms with van der Waals surface area (Å²) in [5.41, 5.74) is 1.30. The van der Waals surface area contributed by atoms with Crippen molar-refractivity contribution in [2.45, 2.75) is 6.92 Å². The summed E-state index contributed by atoms with van der Waals surface area (Å²) in [6.07, 6.45) is 1.39. The Morgan fingerprint density at radius 3 is 3.00 bits per heavy atom. The molecule has 66 valence electrons. The van der Waals surface area contributed by atoms with Gasteiger partial charge in [-0.15, -0.1) is 0 Å². The molecule has 0 aliphatic rings. The molecular formula is C9H7ClN2O. The van der Waals surface area contributed by atoms with Crippen molar-refractivity contribution in [3.8, 4) is 0 Å². The summed E-state index contributed by atoms with van der Waals surface area (Å²) in [6, 6.07) is 3.48. The van der Waals surface area contributed by atoms with Crippen molar-refractivity contribution < 1.29 is 0 Å². The van der Waals surface area contributed by atoms with E-state index in [-0.39, 0.29) is 5.56 Å². The second-order valence-electron chi connectivity index (χ2n) is 2.80. The molecule has 0 bridgehead atoms. The van der Waals surface area contributed by atoms with Gasteiger partial charge >= 0.3 is 0 Å². The molecule has 0 aliphatic carbocycles. The lowest BCUT2D eigenvalue weighted by Gasteiger charge is -2.00. The van der Waals surface area contributed by atoms with Crippen molar-refractivity contribution in [2.75, 3.05) is 0 Å². The van der Waals surface area contributed by atoms with Gasteiger partial charge in [0.15, 0.2) is 0 Å². The van der Waals surface area contributed by atoms with E-state index in [0.717, 1.165) is 5.56 Å². The monoisotopic (exact) mass is 194 g/mol. The molecule has 0 spiro atoms. The normalized spacial score (nSPS) is 10.6. The minimum atomic E-state index is -0.148. The molecule has 2 aromatic rings. The third-order valence-corrected chi connectivity index (χ3v) is 2.41. The maximum Gasteiger partial charge on any atom is 0.258 e. The molecule has 1 N–H and O–H groups in total. The van der Waals surface area contributed by atoms with Crippen molar-refractivity contribution in [3.63, 3.8) is 0 Å². The lowest BCUT2D eigenvalue weighted by Crippen LogP contribution is -2.07. The van der Waals surface area contributed by atoms with Gasteiger partial charge in [0.1, 0.15) is 0 Å². The van der Waals surface area contributed by atoms with Crippen molar-refractivity contribution in [1.29, 1.82) is 0 Å².